The van der Waals surface area contributed by atoms with Crippen LogP contribution in [0.2, 0.25) is 0 Å². The minimum atomic E-state index is -1.13. The Morgan fingerprint density at radius 1 is 1.00 bits per heavy atom. The zero-order valence-electron chi connectivity index (χ0n) is 13.7. The fraction of sp³-hybridized carbons (Fsp3) is 0.350. The minimum absolute atomic E-state index is 0.000434. The third kappa shape index (κ3) is 2.89. The predicted molar refractivity (Wildman–Crippen MR) is 90.6 cm³/mol. The van der Waals surface area contributed by atoms with Crippen LogP contribution in [-0.2, 0) is 16.9 Å². The monoisotopic (exact) mass is 309 g/mol. The molecule has 0 aliphatic carbocycles. The number of benzene rings is 2. The van der Waals surface area contributed by atoms with Gasteiger partial charge in [0.25, 0.3) is 0 Å². The molecule has 1 fully saturated rings. The number of hydrogen-bond acceptors (Lipinski definition) is 2. The Balaban J connectivity index is 1.86. The molecule has 0 aromatic heterocycles. The molecule has 1 amide bonds. The third-order valence-electron chi connectivity index (χ3n) is 4.93. The fourth-order valence-corrected chi connectivity index (χ4v) is 3.42. The lowest BCUT2D eigenvalue weighted by molar-refractivity contribution is -0.166. The molecule has 0 spiro atoms. The highest BCUT2D eigenvalue weighted by atomic mass is 16.3. The Kier molecular flexibility index (Phi) is 3.99. The van der Waals surface area contributed by atoms with E-state index < -0.39 is 11.0 Å². The molecule has 1 atom stereocenters. The maximum atomic E-state index is 12.6. The van der Waals surface area contributed by atoms with Crippen LogP contribution < -0.4 is 0 Å². The Morgan fingerprint density at radius 3 is 2.17 bits per heavy atom. The van der Waals surface area contributed by atoms with Crippen LogP contribution >= 0.6 is 0 Å². The Morgan fingerprint density at radius 2 is 1.57 bits per heavy atom. The number of hydrogen-bond donors (Lipinski definition) is 1. The summed E-state index contributed by atoms with van der Waals surface area (Å²) in [4.78, 5) is 14.5. The molecule has 2 aromatic carbocycles. The molecule has 120 valence electrons. The summed E-state index contributed by atoms with van der Waals surface area (Å²) in [6.45, 7) is 5.19. The molecule has 3 rings (SSSR count). The van der Waals surface area contributed by atoms with E-state index in [1.165, 1.54) is 0 Å². The molecule has 1 aliphatic heterocycles. The molecule has 0 radical (unpaired) electrons. The first kappa shape index (κ1) is 15.8. The van der Waals surface area contributed by atoms with Gasteiger partial charge in [0.05, 0.1) is 6.42 Å². The van der Waals surface area contributed by atoms with Gasteiger partial charge in [-0.1, -0.05) is 74.5 Å². The molecule has 3 nitrogen and oxygen atoms in total. The van der Waals surface area contributed by atoms with Crippen LogP contribution in [0.3, 0.4) is 0 Å². The summed E-state index contributed by atoms with van der Waals surface area (Å²) in [5, 5.41) is 11.3. The maximum Gasteiger partial charge on any atom is 0.226 e. The normalized spacial score (nSPS) is 23.8. The molecule has 0 bridgehead atoms. The summed E-state index contributed by atoms with van der Waals surface area (Å²) in [6, 6.07) is 19.5. The molecule has 1 aliphatic rings. The molecule has 23 heavy (non-hydrogen) atoms. The second kappa shape index (κ2) is 5.82. The molecular formula is C20H23NO2. The van der Waals surface area contributed by atoms with Crippen molar-refractivity contribution in [3.05, 3.63) is 71.8 Å². The van der Waals surface area contributed by atoms with Crippen molar-refractivity contribution < 1.29 is 9.90 Å². The first-order chi connectivity index (χ1) is 10.9. The number of amides is 1. The second-order valence-corrected chi connectivity index (χ2v) is 7.02. The van der Waals surface area contributed by atoms with Gasteiger partial charge in [-0.05, 0) is 11.1 Å². The maximum absolute atomic E-state index is 12.6. The van der Waals surface area contributed by atoms with Crippen LogP contribution in [0.1, 0.15) is 31.4 Å². The van der Waals surface area contributed by atoms with Gasteiger partial charge >= 0.3 is 0 Å². The quantitative estimate of drug-likeness (QED) is 0.945. The van der Waals surface area contributed by atoms with Crippen LogP contribution in [0.4, 0.5) is 0 Å². The number of nitrogens with zero attached hydrogens (tertiary/aromatic N) is 1. The van der Waals surface area contributed by atoms with Gasteiger partial charge in [0.2, 0.25) is 5.91 Å². The number of carbonyl (C=O) groups is 1. The summed E-state index contributed by atoms with van der Waals surface area (Å²) in [5.41, 5.74) is 0.384. The number of aliphatic hydroxyl groups is 1. The van der Waals surface area contributed by atoms with Crippen molar-refractivity contribution >= 4 is 5.91 Å². The first-order valence-corrected chi connectivity index (χ1v) is 8.02. The van der Waals surface area contributed by atoms with Gasteiger partial charge in [0.1, 0.15) is 5.60 Å². The van der Waals surface area contributed by atoms with Gasteiger partial charge in [0, 0.05) is 18.5 Å². The molecule has 1 unspecified atom stereocenters. The van der Waals surface area contributed by atoms with Gasteiger partial charge in [-0.15, -0.1) is 0 Å². The largest absolute Gasteiger partial charge is 0.384 e. The highest BCUT2D eigenvalue weighted by molar-refractivity contribution is 5.79. The number of carbonyl (C=O) groups excluding carboxylic acids is 1. The lowest BCUT2D eigenvalue weighted by Gasteiger charge is -2.50. The van der Waals surface area contributed by atoms with Crippen molar-refractivity contribution in [2.75, 3.05) is 6.54 Å². The van der Waals surface area contributed by atoms with Crippen LogP contribution in [0, 0.1) is 5.41 Å². The van der Waals surface area contributed by atoms with Gasteiger partial charge in [-0.2, -0.15) is 0 Å². The van der Waals surface area contributed by atoms with E-state index in [0.29, 0.717) is 13.1 Å². The molecule has 1 heterocycles. The average molecular weight is 309 g/mol. The highest BCUT2D eigenvalue weighted by Gasteiger charge is 2.51. The van der Waals surface area contributed by atoms with Gasteiger partial charge < -0.3 is 10.0 Å². The zero-order valence-corrected chi connectivity index (χ0v) is 13.7. The molecule has 0 saturated carbocycles. The summed E-state index contributed by atoms with van der Waals surface area (Å²) >= 11 is 0. The Hall–Kier alpha value is -2.13. The second-order valence-electron chi connectivity index (χ2n) is 7.02. The summed E-state index contributed by atoms with van der Waals surface area (Å²) in [5.74, 6) is -0.000434. The third-order valence-corrected chi connectivity index (χ3v) is 4.93. The number of likely N-dealkylation sites (tertiary alicyclic amines) is 1. The summed E-state index contributed by atoms with van der Waals surface area (Å²) in [7, 11) is 0. The molecule has 3 heteroatoms. The van der Waals surface area contributed by atoms with E-state index in [9.17, 15) is 9.90 Å². The molecule has 1 saturated heterocycles. The van der Waals surface area contributed by atoms with E-state index >= 15 is 0 Å². The lowest BCUT2D eigenvalue weighted by atomic mass is 9.66. The fourth-order valence-electron chi connectivity index (χ4n) is 3.42. The van der Waals surface area contributed by atoms with E-state index in [-0.39, 0.29) is 12.3 Å². The van der Waals surface area contributed by atoms with Gasteiger partial charge in [-0.25, -0.2) is 0 Å². The van der Waals surface area contributed by atoms with Crippen molar-refractivity contribution in [2.45, 2.75) is 32.4 Å². The molecule has 2 aromatic rings. The number of rotatable bonds is 3. The van der Waals surface area contributed by atoms with E-state index in [4.69, 9.17) is 0 Å². The lowest BCUT2D eigenvalue weighted by Crippen LogP contribution is -2.57. The smallest absolute Gasteiger partial charge is 0.226 e. The van der Waals surface area contributed by atoms with E-state index in [1.54, 1.807) is 0 Å². The van der Waals surface area contributed by atoms with E-state index in [0.717, 1.165) is 11.1 Å². The van der Waals surface area contributed by atoms with Crippen LogP contribution in [0.5, 0.6) is 0 Å². The van der Waals surface area contributed by atoms with Crippen molar-refractivity contribution in [3.63, 3.8) is 0 Å². The van der Waals surface area contributed by atoms with Gasteiger partial charge in [-0.3, -0.25) is 4.79 Å². The number of piperidine rings is 1. The predicted octanol–water partition coefficient (Wildman–Crippen LogP) is 3.33. The molecule has 1 N–H and O–H groups in total. The standard InChI is InChI=1S/C20H23NO2/c1-19(2)15-21(14-16-9-5-3-6-10-16)18(22)13-20(19,23)17-11-7-4-8-12-17/h3-12,23H,13-15H2,1-2H3. The van der Waals surface area contributed by atoms with Crippen LogP contribution in [0.25, 0.3) is 0 Å². The first-order valence-electron chi connectivity index (χ1n) is 8.02. The minimum Gasteiger partial charge on any atom is -0.384 e. The summed E-state index contributed by atoms with van der Waals surface area (Å²) in [6.07, 6.45) is 0.122. The Labute approximate surface area is 137 Å². The SMILES string of the molecule is CC1(C)CN(Cc2ccccc2)C(=O)CC1(O)c1ccccc1. The Bertz CT molecular complexity index is 681. The average Bonchev–Trinajstić information content (AvgIpc) is 2.54. The van der Waals surface area contributed by atoms with Crippen molar-refractivity contribution in [1.82, 2.24) is 4.90 Å². The van der Waals surface area contributed by atoms with E-state index in [1.807, 2.05) is 79.4 Å². The summed E-state index contributed by atoms with van der Waals surface area (Å²) < 4.78 is 0. The van der Waals surface area contributed by atoms with Crippen molar-refractivity contribution in [3.8, 4) is 0 Å². The zero-order chi connectivity index (χ0) is 16.5. The van der Waals surface area contributed by atoms with Gasteiger partial charge in [0.15, 0.2) is 0 Å². The van der Waals surface area contributed by atoms with E-state index in [2.05, 4.69) is 0 Å². The van der Waals surface area contributed by atoms with Crippen LogP contribution in [-0.4, -0.2) is 22.5 Å². The highest BCUT2D eigenvalue weighted by Crippen LogP contribution is 2.46. The molecular weight excluding hydrogens is 286 g/mol. The van der Waals surface area contributed by atoms with Crippen molar-refractivity contribution in [1.29, 1.82) is 0 Å². The van der Waals surface area contributed by atoms with Crippen LogP contribution in [0.15, 0.2) is 60.7 Å². The van der Waals surface area contributed by atoms with Crippen molar-refractivity contribution in [2.24, 2.45) is 5.41 Å². The topological polar surface area (TPSA) is 40.5 Å².